The molecule has 0 saturated heterocycles. The maximum atomic E-state index is 12.9. The Labute approximate surface area is 229 Å². The van der Waals surface area contributed by atoms with Crippen LogP contribution in [0.15, 0.2) is 70.6 Å². The summed E-state index contributed by atoms with van der Waals surface area (Å²) in [5.74, 6) is 1.23. The lowest BCUT2D eigenvalue weighted by Crippen LogP contribution is -2.29. The Kier molecular flexibility index (Phi) is 7.61. The molecule has 1 heterocycles. The minimum atomic E-state index is -3.85. The van der Waals surface area contributed by atoms with E-state index in [2.05, 4.69) is 15.5 Å². The lowest BCUT2D eigenvalue weighted by atomic mass is 9.75. The number of carbonyl (C=O) groups excluding carboxylic acids is 1. The summed E-state index contributed by atoms with van der Waals surface area (Å²) in [6, 6.07) is 17.2. The smallest absolute Gasteiger partial charge is 0.337 e. The van der Waals surface area contributed by atoms with Crippen LogP contribution in [0.1, 0.15) is 65.6 Å². The predicted molar refractivity (Wildman–Crippen MR) is 150 cm³/mol. The zero-order chi connectivity index (χ0) is 27.6. The van der Waals surface area contributed by atoms with Gasteiger partial charge in [0.1, 0.15) is 0 Å². The molecule has 2 aliphatic rings. The van der Waals surface area contributed by atoms with Gasteiger partial charge in [0.15, 0.2) is 11.5 Å². The van der Waals surface area contributed by atoms with E-state index in [9.17, 15) is 13.2 Å². The second-order valence-corrected chi connectivity index (χ2v) is 11.3. The Balaban J connectivity index is 1.44. The lowest BCUT2D eigenvalue weighted by molar-refractivity contribution is 0.0600. The molecule has 0 spiro atoms. The van der Waals surface area contributed by atoms with E-state index in [1.165, 1.54) is 43.4 Å². The van der Waals surface area contributed by atoms with Crippen molar-refractivity contribution in [3.05, 3.63) is 82.9 Å². The van der Waals surface area contributed by atoms with Crippen molar-refractivity contribution in [2.45, 2.75) is 49.5 Å². The number of nitrogens with zero attached hydrogens (tertiary/aromatic N) is 1. The van der Waals surface area contributed by atoms with Gasteiger partial charge in [0.05, 0.1) is 43.0 Å². The van der Waals surface area contributed by atoms with Gasteiger partial charge in [-0.1, -0.05) is 25.0 Å². The number of sulfonamides is 1. The summed E-state index contributed by atoms with van der Waals surface area (Å²) in [5.41, 5.74) is 4.73. The molecule has 2 atom stereocenters. The number of esters is 1. The van der Waals surface area contributed by atoms with Gasteiger partial charge < -0.3 is 14.2 Å². The predicted octanol–water partition coefficient (Wildman–Crippen LogP) is 5.56. The van der Waals surface area contributed by atoms with Gasteiger partial charge in [0.2, 0.25) is 0 Å². The average molecular weight is 549 g/mol. The van der Waals surface area contributed by atoms with Gasteiger partial charge in [0, 0.05) is 22.7 Å². The number of fused-ring (bicyclic) bond motifs is 3. The summed E-state index contributed by atoms with van der Waals surface area (Å²) >= 11 is 0. The maximum absolute atomic E-state index is 12.9. The van der Waals surface area contributed by atoms with Crippen molar-refractivity contribution in [1.29, 1.82) is 0 Å². The first-order valence-corrected chi connectivity index (χ1v) is 14.6. The molecule has 0 aromatic heterocycles. The summed E-state index contributed by atoms with van der Waals surface area (Å²) in [6.07, 6.45) is 4.47. The number of rotatable bonds is 8. The highest BCUT2D eigenvalue weighted by atomic mass is 32.2. The van der Waals surface area contributed by atoms with E-state index in [0.29, 0.717) is 24.0 Å². The summed E-state index contributed by atoms with van der Waals surface area (Å²) in [5, 5.41) is 0. The normalized spacial score (nSPS) is 18.3. The first-order chi connectivity index (χ1) is 18.8. The highest BCUT2D eigenvalue weighted by Crippen LogP contribution is 2.45. The molecule has 3 aromatic carbocycles. The second-order valence-electron chi connectivity index (χ2n) is 9.66. The molecule has 39 heavy (non-hydrogen) atoms. The van der Waals surface area contributed by atoms with Crippen molar-refractivity contribution in [2.24, 2.45) is 4.99 Å². The van der Waals surface area contributed by atoms with Crippen molar-refractivity contribution in [3.8, 4) is 11.5 Å². The van der Waals surface area contributed by atoms with Crippen LogP contribution in [0.4, 0.5) is 5.69 Å². The number of hydrogen-bond acceptors (Lipinski definition) is 7. The first kappa shape index (κ1) is 26.7. The first-order valence-electron chi connectivity index (χ1n) is 13.1. The van der Waals surface area contributed by atoms with Crippen LogP contribution >= 0.6 is 0 Å². The number of methoxy groups -OCH3 is 2. The highest BCUT2D eigenvalue weighted by molar-refractivity contribution is 7.92. The van der Waals surface area contributed by atoms with E-state index in [0.717, 1.165) is 41.9 Å². The Morgan fingerprint density at radius 2 is 1.69 bits per heavy atom. The van der Waals surface area contributed by atoms with E-state index in [4.69, 9.17) is 14.5 Å². The Morgan fingerprint density at radius 3 is 2.36 bits per heavy atom. The number of nitrogens with one attached hydrogen (secondary N) is 1. The zero-order valence-corrected chi connectivity index (χ0v) is 23.1. The van der Waals surface area contributed by atoms with Crippen LogP contribution < -0.4 is 14.2 Å². The van der Waals surface area contributed by atoms with Crippen molar-refractivity contribution in [2.75, 3.05) is 25.5 Å². The molecule has 5 rings (SSSR count). The average Bonchev–Trinajstić information content (AvgIpc) is 2.96. The van der Waals surface area contributed by atoms with Gasteiger partial charge in [-0.3, -0.25) is 9.71 Å². The van der Waals surface area contributed by atoms with E-state index >= 15 is 0 Å². The molecule has 1 aliphatic heterocycles. The largest absolute Gasteiger partial charge is 0.493 e. The quantitative estimate of drug-likeness (QED) is 0.370. The third-order valence-electron chi connectivity index (χ3n) is 7.31. The Morgan fingerprint density at radius 1 is 0.974 bits per heavy atom. The van der Waals surface area contributed by atoms with E-state index < -0.39 is 16.0 Å². The number of benzene rings is 3. The van der Waals surface area contributed by atoms with Crippen LogP contribution in [0, 0.1) is 0 Å². The zero-order valence-electron chi connectivity index (χ0n) is 22.3. The number of aliphatic imine (C=N–C) groups is 1. The van der Waals surface area contributed by atoms with Gasteiger partial charge >= 0.3 is 5.97 Å². The lowest BCUT2D eigenvalue weighted by Gasteiger charge is -2.36. The molecular weight excluding hydrogens is 516 g/mol. The fourth-order valence-electron chi connectivity index (χ4n) is 5.41. The van der Waals surface area contributed by atoms with Crippen LogP contribution in [0.5, 0.6) is 11.5 Å². The molecule has 0 unspecified atom stereocenters. The monoisotopic (exact) mass is 548 g/mol. The molecule has 0 amide bonds. The van der Waals surface area contributed by atoms with Gasteiger partial charge in [-0.2, -0.15) is 0 Å². The molecule has 1 fully saturated rings. The van der Waals surface area contributed by atoms with Gasteiger partial charge in [-0.15, -0.1) is 0 Å². The maximum Gasteiger partial charge on any atom is 0.337 e. The number of anilines is 1. The second kappa shape index (κ2) is 11.1. The fraction of sp³-hybridized carbons (Fsp3) is 0.333. The molecule has 1 aliphatic carbocycles. The fourth-order valence-corrected chi connectivity index (χ4v) is 6.47. The van der Waals surface area contributed by atoms with Gasteiger partial charge in [-0.25, -0.2) is 13.2 Å². The summed E-state index contributed by atoms with van der Waals surface area (Å²) in [7, 11) is -0.935. The van der Waals surface area contributed by atoms with Crippen molar-refractivity contribution < 1.29 is 27.4 Å². The highest BCUT2D eigenvalue weighted by Gasteiger charge is 2.34. The van der Waals surface area contributed by atoms with Crippen molar-refractivity contribution in [1.82, 2.24) is 0 Å². The minimum absolute atomic E-state index is 0.0466. The summed E-state index contributed by atoms with van der Waals surface area (Å²) in [4.78, 5) is 16.9. The van der Waals surface area contributed by atoms with Gasteiger partial charge in [0.25, 0.3) is 10.0 Å². The molecule has 1 N–H and O–H groups in total. The van der Waals surface area contributed by atoms with Crippen LogP contribution in [0.2, 0.25) is 0 Å². The van der Waals surface area contributed by atoms with E-state index in [-0.39, 0.29) is 16.5 Å². The summed E-state index contributed by atoms with van der Waals surface area (Å²) in [6.45, 7) is 2.51. The number of ether oxygens (including phenoxy) is 3. The third kappa shape index (κ3) is 5.36. The minimum Gasteiger partial charge on any atom is -0.493 e. The molecule has 3 aromatic rings. The standard InChI is InChI=1S/C30H32N2O6S/c1-4-38-28-17-24-23-7-5-6-8-26(23)31-29(25(24)18-27(28)36-2)19-9-13-21(14-10-19)32-39(34,35)22-15-11-20(12-16-22)30(33)37-3/h9-18,23,26,32H,4-8H2,1-3H3/t23-,26-/m1/s1. The molecule has 9 heteroatoms. The Bertz CT molecular complexity index is 1500. The molecule has 8 nitrogen and oxygen atoms in total. The van der Waals surface area contributed by atoms with E-state index in [1.807, 2.05) is 25.1 Å². The van der Waals surface area contributed by atoms with Crippen molar-refractivity contribution >= 4 is 27.4 Å². The molecule has 204 valence electrons. The Hall–Kier alpha value is -3.85. The van der Waals surface area contributed by atoms with E-state index in [1.54, 1.807) is 19.2 Å². The summed E-state index contributed by atoms with van der Waals surface area (Å²) < 4.78 is 44.7. The molecule has 1 saturated carbocycles. The van der Waals surface area contributed by atoms with Crippen LogP contribution in [-0.4, -0.2) is 47.0 Å². The molecule has 0 bridgehead atoms. The van der Waals surface area contributed by atoms with Crippen molar-refractivity contribution in [3.63, 3.8) is 0 Å². The SMILES string of the molecule is CCOc1cc2c(cc1OC)C(c1ccc(NS(=O)(=O)c3ccc(C(=O)OC)cc3)cc1)=N[C@@H]1CCCC[C@H]21. The topological polar surface area (TPSA) is 103 Å². The molecular formula is C30H32N2O6S. The van der Waals surface area contributed by atoms with Crippen LogP contribution in [0.25, 0.3) is 0 Å². The van der Waals surface area contributed by atoms with Crippen LogP contribution in [-0.2, 0) is 14.8 Å². The van der Waals surface area contributed by atoms with Crippen LogP contribution in [0.3, 0.4) is 0 Å². The molecule has 0 radical (unpaired) electrons. The number of hydrogen-bond donors (Lipinski definition) is 1. The number of carbonyl (C=O) groups is 1. The van der Waals surface area contributed by atoms with Gasteiger partial charge in [-0.05, 0) is 73.9 Å². The third-order valence-corrected chi connectivity index (χ3v) is 8.71.